The number of sulfonamides is 1. The third kappa shape index (κ3) is 5.54. The van der Waals surface area contributed by atoms with Crippen LogP contribution >= 0.6 is 0 Å². The first-order chi connectivity index (χ1) is 13.8. The van der Waals surface area contributed by atoms with Crippen molar-refractivity contribution in [2.24, 2.45) is 0 Å². The lowest BCUT2D eigenvalue weighted by Gasteiger charge is -2.33. The predicted octanol–water partition coefficient (Wildman–Crippen LogP) is -0.675. The molecule has 6 nitrogen and oxygen atoms in total. The highest BCUT2D eigenvalue weighted by atomic mass is 32.2. The van der Waals surface area contributed by atoms with Crippen LogP contribution in [0.3, 0.4) is 0 Å². The van der Waals surface area contributed by atoms with E-state index in [1.54, 1.807) is 0 Å². The standard InChI is InChI=1S/C21H29FN4O2S/c1-24(2)19-8-4-17(5-9-19)21(26-14-12-25(3)13-15-26)16-23-29(27,28)20-10-6-18(22)7-11-20/h4-11,21,23H,12-16H2,1-3H3/p+2/t21-/m1/s1. The van der Waals surface area contributed by atoms with E-state index in [1.165, 1.54) is 34.1 Å². The van der Waals surface area contributed by atoms with E-state index >= 15 is 0 Å². The summed E-state index contributed by atoms with van der Waals surface area (Å²) >= 11 is 0. The maximum Gasteiger partial charge on any atom is 0.240 e. The summed E-state index contributed by atoms with van der Waals surface area (Å²) in [6.45, 7) is 4.41. The van der Waals surface area contributed by atoms with E-state index in [1.807, 2.05) is 19.0 Å². The van der Waals surface area contributed by atoms with Crippen molar-refractivity contribution < 1.29 is 22.6 Å². The van der Waals surface area contributed by atoms with Crippen LogP contribution in [0.25, 0.3) is 0 Å². The molecule has 1 aliphatic rings. The molecular formula is C21H31FN4O2S+2. The van der Waals surface area contributed by atoms with Gasteiger partial charge in [0.05, 0.1) is 18.5 Å². The Kier molecular flexibility index (Phi) is 6.89. The Morgan fingerprint density at radius 1 is 1.00 bits per heavy atom. The third-order valence-electron chi connectivity index (χ3n) is 5.65. The number of quaternary nitrogens is 2. The minimum atomic E-state index is -3.69. The van der Waals surface area contributed by atoms with Crippen LogP contribution in [0.2, 0.25) is 0 Å². The third-order valence-corrected chi connectivity index (χ3v) is 7.09. The van der Waals surface area contributed by atoms with Gasteiger partial charge in [-0.05, 0) is 36.4 Å². The summed E-state index contributed by atoms with van der Waals surface area (Å²) in [5.41, 5.74) is 2.23. The Morgan fingerprint density at radius 2 is 1.59 bits per heavy atom. The van der Waals surface area contributed by atoms with E-state index in [4.69, 9.17) is 0 Å². The second-order valence-electron chi connectivity index (χ2n) is 7.96. The quantitative estimate of drug-likeness (QED) is 0.555. The van der Waals surface area contributed by atoms with Gasteiger partial charge in [0.2, 0.25) is 10.0 Å². The van der Waals surface area contributed by atoms with Crippen LogP contribution in [0, 0.1) is 5.82 Å². The molecule has 29 heavy (non-hydrogen) atoms. The van der Waals surface area contributed by atoms with Crippen molar-refractivity contribution in [3.8, 4) is 0 Å². The van der Waals surface area contributed by atoms with Crippen molar-refractivity contribution in [2.75, 3.05) is 58.8 Å². The molecule has 0 spiro atoms. The van der Waals surface area contributed by atoms with Gasteiger partial charge in [-0.1, -0.05) is 12.1 Å². The summed E-state index contributed by atoms with van der Waals surface area (Å²) in [6, 6.07) is 13.3. The van der Waals surface area contributed by atoms with Crippen LogP contribution in [0.1, 0.15) is 11.6 Å². The minimum Gasteiger partial charge on any atom is -0.378 e. The first-order valence-electron chi connectivity index (χ1n) is 9.94. The highest BCUT2D eigenvalue weighted by molar-refractivity contribution is 7.89. The van der Waals surface area contributed by atoms with Gasteiger partial charge in [0.15, 0.2) is 0 Å². The van der Waals surface area contributed by atoms with Gasteiger partial charge in [-0.15, -0.1) is 0 Å². The molecule has 1 heterocycles. The number of likely N-dealkylation sites (N-methyl/N-ethyl adjacent to an activating group) is 1. The molecule has 0 radical (unpaired) electrons. The normalized spacial score (nSPS) is 21.0. The van der Waals surface area contributed by atoms with Crippen molar-refractivity contribution in [3.63, 3.8) is 0 Å². The number of rotatable bonds is 7. The maximum absolute atomic E-state index is 13.2. The number of anilines is 1. The second-order valence-corrected chi connectivity index (χ2v) is 9.73. The van der Waals surface area contributed by atoms with Crippen molar-refractivity contribution in [1.82, 2.24) is 4.72 Å². The Balaban J connectivity index is 1.80. The first-order valence-corrected chi connectivity index (χ1v) is 11.4. The lowest BCUT2D eigenvalue weighted by molar-refractivity contribution is -1.02. The van der Waals surface area contributed by atoms with Crippen molar-refractivity contribution >= 4 is 15.7 Å². The molecular weight excluding hydrogens is 391 g/mol. The SMILES string of the molecule is CN(C)c1ccc([C@@H](CNS(=O)(=O)c2ccc(F)cc2)[NH+]2CC[NH+](C)CC2)cc1. The fourth-order valence-corrected chi connectivity index (χ4v) is 4.79. The summed E-state index contributed by atoms with van der Waals surface area (Å²) < 4.78 is 41.3. The topological polar surface area (TPSA) is 58.3 Å². The molecule has 0 bridgehead atoms. The Bertz CT molecular complexity index is 893. The summed E-state index contributed by atoms with van der Waals surface area (Å²) in [4.78, 5) is 5.01. The molecule has 2 aromatic carbocycles. The summed E-state index contributed by atoms with van der Waals surface area (Å²) in [5.74, 6) is -0.452. The zero-order chi connectivity index (χ0) is 21.0. The lowest BCUT2D eigenvalue weighted by Crippen LogP contribution is -3.27. The summed E-state index contributed by atoms with van der Waals surface area (Å²) in [5, 5.41) is 0. The molecule has 3 rings (SSSR count). The molecule has 8 heteroatoms. The van der Waals surface area contributed by atoms with Crippen LogP contribution < -0.4 is 19.4 Å². The van der Waals surface area contributed by atoms with Crippen molar-refractivity contribution in [1.29, 1.82) is 0 Å². The molecule has 0 unspecified atom stereocenters. The van der Waals surface area contributed by atoms with Crippen molar-refractivity contribution in [3.05, 3.63) is 59.9 Å². The first kappa shape index (κ1) is 21.7. The number of hydrogen-bond donors (Lipinski definition) is 3. The van der Waals surface area contributed by atoms with E-state index in [9.17, 15) is 12.8 Å². The van der Waals surface area contributed by atoms with Gasteiger partial charge in [-0.3, -0.25) is 0 Å². The van der Waals surface area contributed by atoms with Crippen molar-refractivity contribution in [2.45, 2.75) is 10.9 Å². The monoisotopic (exact) mass is 422 g/mol. The molecule has 1 aliphatic heterocycles. The molecule has 0 amide bonds. The van der Waals surface area contributed by atoms with Crippen LogP contribution in [0.5, 0.6) is 0 Å². The van der Waals surface area contributed by atoms with E-state index in [0.29, 0.717) is 6.54 Å². The van der Waals surface area contributed by atoms with Gasteiger partial charge < -0.3 is 14.7 Å². The van der Waals surface area contributed by atoms with Gasteiger partial charge in [0, 0.05) is 25.3 Å². The highest BCUT2D eigenvalue weighted by Crippen LogP contribution is 2.17. The van der Waals surface area contributed by atoms with E-state index < -0.39 is 15.8 Å². The fraction of sp³-hybridized carbons (Fsp3) is 0.429. The van der Waals surface area contributed by atoms with E-state index in [2.05, 4.69) is 36.0 Å². The van der Waals surface area contributed by atoms with Crippen LogP contribution in [-0.4, -0.2) is 62.3 Å². The van der Waals surface area contributed by atoms with E-state index in [0.717, 1.165) is 37.4 Å². The molecule has 1 saturated heterocycles. The number of nitrogens with zero attached hydrogens (tertiary/aromatic N) is 1. The molecule has 0 aromatic heterocycles. The Morgan fingerprint density at radius 3 is 2.14 bits per heavy atom. The second kappa shape index (κ2) is 9.21. The zero-order valence-corrected chi connectivity index (χ0v) is 18.1. The molecule has 158 valence electrons. The average molecular weight is 423 g/mol. The fourth-order valence-electron chi connectivity index (χ4n) is 3.74. The largest absolute Gasteiger partial charge is 0.378 e. The number of hydrogen-bond acceptors (Lipinski definition) is 3. The lowest BCUT2D eigenvalue weighted by atomic mass is 10.0. The number of nitrogens with one attached hydrogen (secondary N) is 3. The van der Waals surface area contributed by atoms with Crippen LogP contribution in [0.4, 0.5) is 10.1 Å². The van der Waals surface area contributed by atoms with Crippen LogP contribution in [-0.2, 0) is 10.0 Å². The molecule has 2 aromatic rings. The zero-order valence-electron chi connectivity index (χ0n) is 17.3. The minimum absolute atomic E-state index is 0.0227. The maximum atomic E-state index is 13.2. The molecule has 1 atom stereocenters. The van der Waals surface area contributed by atoms with Gasteiger partial charge in [0.25, 0.3) is 0 Å². The molecule has 0 saturated carbocycles. The molecule has 1 fully saturated rings. The van der Waals surface area contributed by atoms with Gasteiger partial charge in [-0.25, -0.2) is 17.5 Å². The van der Waals surface area contributed by atoms with Gasteiger partial charge in [0.1, 0.15) is 38.0 Å². The van der Waals surface area contributed by atoms with Gasteiger partial charge >= 0.3 is 0 Å². The van der Waals surface area contributed by atoms with E-state index in [-0.39, 0.29) is 10.9 Å². The number of benzene rings is 2. The smallest absolute Gasteiger partial charge is 0.240 e. The Labute approximate surface area is 173 Å². The summed E-state index contributed by atoms with van der Waals surface area (Å²) in [6.07, 6.45) is 0. The van der Waals surface area contributed by atoms with Crippen LogP contribution in [0.15, 0.2) is 53.4 Å². The molecule has 3 N–H and O–H groups in total. The average Bonchev–Trinajstić information content (AvgIpc) is 2.70. The number of halogens is 1. The van der Waals surface area contributed by atoms with Gasteiger partial charge in [-0.2, -0.15) is 0 Å². The highest BCUT2D eigenvalue weighted by Gasteiger charge is 2.30. The Hall–Kier alpha value is -2.00. The number of piperazine rings is 1. The molecule has 0 aliphatic carbocycles. The summed E-state index contributed by atoms with van der Waals surface area (Å²) in [7, 11) is 2.49. The predicted molar refractivity (Wildman–Crippen MR) is 112 cm³/mol.